The number of carbonyl (C=O) groups is 1. The fourth-order valence-electron chi connectivity index (χ4n) is 1.30. The Morgan fingerprint density at radius 1 is 1.65 bits per heavy atom. The van der Waals surface area contributed by atoms with Gasteiger partial charge in [-0.05, 0) is 18.6 Å². The zero-order valence-corrected chi connectivity index (χ0v) is 10.6. The molecule has 0 saturated carbocycles. The third-order valence-electron chi connectivity index (χ3n) is 2.02. The molecule has 0 radical (unpaired) electrons. The highest BCUT2D eigenvalue weighted by Gasteiger charge is 2.21. The molecule has 0 aromatic carbocycles. The van der Waals surface area contributed by atoms with Gasteiger partial charge in [-0.15, -0.1) is 0 Å². The lowest BCUT2D eigenvalue weighted by Gasteiger charge is -2.11. The summed E-state index contributed by atoms with van der Waals surface area (Å²) in [4.78, 5) is 15.0. The molecule has 0 fully saturated rings. The number of pyridine rings is 1. The lowest BCUT2D eigenvalue weighted by Crippen LogP contribution is -2.12. The molecule has 0 aliphatic heterocycles. The van der Waals surface area contributed by atoms with Crippen molar-refractivity contribution < 1.29 is 18.3 Å². The first-order valence-electron chi connectivity index (χ1n) is 4.81. The van der Waals surface area contributed by atoms with E-state index in [2.05, 4.69) is 20.9 Å². The van der Waals surface area contributed by atoms with E-state index in [9.17, 15) is 13.6 Å². The van der Waals surface area contributed by atoms with Crippen LogP contribution in [-0.4, -0.2) is 17.6 Å². The summed E-state index contributed by atoms with van der Waals surface area (Å²) in [6, 6.07) is 1.25. The maximum absolute atomic E-state index is 12.7. The summed E-state index contributed by atoms with van der Waals surface area (Å²) in [7, 11) is 0. The van der Waals surface area contributed by atoms with Crippen LogP contribution in [-0.2, 0) is 10.1 Å². The summed E-state index contributed by atoms with van der Waals surface area (Å²) in [5.41, 5.74) is 5.23. The van der Waals surface area contributed by atoms with E-state index in [1.165, 1.54) is 6.07 Å². The molecule has 7 heteroatoms. The zero-order valence-electron chi connectivity index (χ0n) is 9.04. The molecule has 4 nitrogen and oxygen atoms in total. The van der Waals surface area contributed by atoms with Crippen LogP contribution in [0, 0.1) is 0 Å². The summed E-state index contributed by atoms with van der Waals surface area (Å²) < 4.78 is 30.1. The van der Waals surface area contributed by atoms with Gasteiger partial charge >= 0.3 is 5.97 Å². The number of aromatic nitrogens is 1. The molecular formula is C10H11BrF2N2O2. The van der Waals surface area contributed by atoms with Gasteiger partial charge in [-0.1, -0.05) is 15.9 Å². The molecule has 1 rings (SSSR count). The maximum Gasteiger partial charge on any atom is 0.357 e. The second-order valence-electron chi connectivity index (χ2n) is 3.12. The Morgan fingerprint density at radius 3 is 2.76 bits per heavy atom. The fraction of sp³-hybridized carbons (Fsp3) is 0.400. The van der Waals surface area contributed by atoms with Crippen molar-refractivity contribution in [2.45, 2.75) is 18.7 Å². The summed E-state index contributed by atoms with van der Waals surface area (Å²) in [6.07, 6.45) is -2.73. The number of halogens is 3. The Morgan fingerprint density at radius 2 is 2.29 bits per heavy atom. The number of hydrogen-bond acceptors (Lipinski definition) is 4. The quantitative estimate of drug-likeness (QED) is 0.686. The minimum Gasteiger partial charge on any atom is -0.461 e. The number of nitrogens with two attached hydrogens (primary N) is 1. The Kier molecular flexibility index (Phi) is 4.80. The average Bonchev–Trinajstić information content (AvgIpc) is 2.27. The first-order chi connectivity index (χ1) is 8.01. The lowest BCUT2D eigenvalue weighted by atomic mass is 10.1. The number of alkyl halides is 3. The van der Waals surface area contributed by atoms with Gasteiger partial charge in [-0.2, -0.15) is 0 Å². The van der Waals surface area contributed by atoms with Gasteiger partial charge in [0, 0.05) is 5.33 Å². The molecular weight excluding hydrogens is 298 g/mol. The smallest absolute Gasteiger partial charge is 0.357 e. The van der Waals surface area contributed by atoms with E-state index in [4.69, 9.17) is 10.5 Å². The number of hydrogen-bond donors (Lipinski definition) is 1. The monoisotopic (exact) mass is 308 g/mol. The number of carbonyl (C=O) groups excluding carboxylic acids is 1. The van der Waals surface area contributed by atoms with Crippen molar-refractivity contribution in [3.05, 3.63) is 22.9 Å². The van der Waals surface area contributed by atoms with Crippen LogP contribution in [0.15, 0.2) is 6.07 Å². The fourth-order valence-corrected chi connectivity index (χ4v) is 1.77. The van der Waals surface area contributed by atoms with Crippen molar-refractivity contribution in [3.8, 4) is 0 Å². The summed E-state index contributed by atoms with van der Waals surface area (Å²) >= 11 is 3.06. The van der Waals surface area contributed by atoms with Gasteiger partial charge in [0.2, 0.25) is 0 Å². The van der Waals surface area contributed by atoms with E-state index in [0.717, 1.165) is 0 Å². The van der Waals surface area contributed by atoms with E-state index in [0.29, 0.717) is 0 Å². The molecule has 0 spiro atoms. The first-order valence-corrected chi connectivity index (χ1v) is 5.93. The third-order valence-corrected chi connectivity index (χ3v) is 2.62. The molecule has 94 valence electrons. The number of nitrogens with zero attached hydrogens (tertiary/aromatic N) is 1. The van der Waals surface area contributed by atoms with Crippen LogP contribution >= 0.6 is 15.9 Å². The third kappa shape index (κ3) is 3.12. The molecule has 0 unspecified atom stereocenters. The van der Waals surface area contributed by atoms with E-state index >= 15 is 0 Å². The summed E-state index contributed by atoms with van der Waals surface area (Å²) in [5.74, 6) is -1.03. The van der Waals surface area contributed by atoms with Gasteiger partial charge in [0.25, 0.3) is 6.43 Å². The van der Waals surface area contributed by atoms with Crippen molar-refractivity contribution in [1.82, 2.24) is 4.98 Å². The van der Waals surface area contributed by atoms with Crippen molar-refractivity contribution in [1.29, 1.82) is 0 Å². The lowest BCUT2D eigenvalue weighted by molar-refractivity contribution is 0.0519. The van der Waals surface area contributed by atoms with Crippen LogP contribution in [0.2, 0.25) is 0 Å². The average molecular weight is 309 g/mol. The second-order valence-corrected chi connectivity index (χ2v) is 3.68. The normalized spacial score (nSPS) is 10.6. The second kappa shape index (κ2) is 5.90. The van der Waals surface area contributed by atoms with Crippen LogP contribution in [0.3, 0.4) is 0 Å². The molecule has 17 heavy (non-hydrogen) atoms. The molecule has 0 aliphatic rings. The number of rotatable bonds is 4. The van der Waals surface area contributed by atoms with E-state index in [-0.39, 0.29) is 34.6 Å². The van der Waals surface area contributed by atoms with Crippen LogP contribution in [0.1, 0.15) is 35.0 Å². The highest BCUT2D eigenvalue weighted by Crippen LogP contribution is 2.29. The Balaban J connectivity index is 3.22. The molecule has 0 bridgehead atoms. The van der Waals surface area contributed by atoms with Gasteiger partial charge in [-0.3, -0.25) is 0 Å². The van der Waals surface area contributed by atoms with E-state index < -0.39 is 12.4 Å². The Labute approximate surface area is 105 Å². The minimum absolute atomic E-state index is 0.0665. The number of anilines is 1. The Hall–Kier alpha value is -1.24. The number of esters is 1. The van der Waals surface area contributed by atoms with Crippen LogP contribution in [0.5, 0.6) is 0 Å². The topological polar surface area (TPSA) is 65.2 Å². The predicted molar refractivity (Wildman–Crippen MR) is 62.2 cm³/mol. The first kappa shape index (κ1) is 13.8. The predicted octanol–water partition coefficient (Wildman–Crippen LogP) is 2.67. The van der Waals surface area contributed by atoms with Crippen LogP contribution in [0.4, 0.5) is 14.6 Å². The molecule has 0 saturated heterocycles. The summed E-state index contributed by atoms with van der Waals surface area (Å²) in [5, 5.41) is 0.159. The highest BCUT2D eigenvalue weighted by molar-refractivity contribution is 9.08. The van der Waals surface area contributed by atoms with Gasteiger partial charge < -0.3 is 10.5 Å². The van der Waals surface area contributed by atoms with E-state index in [1.54, 1.807) is 6.92 Å². The van der Waals surface area contributed by atoms with Gasteiger partial charge in [0.1, 0.15) is 5.82 Å². The Bertz CT molecular complexity index is 427. The standard InChI is InChI=1S/C10H11BrF2N2O2/c1-2-17-10(16)6-3-5(4-11)7(8(12)13)9(14)15-6/h3,8H,2,4H2,1H3,(H2,14,15). The van der Waals surface area contributed by atoms with Crippen molar-refractivity contribution in [2.24, 2.45) is 0 Å². The molecule has 2 N–H and O–H groups in total. The molecule has 0 atom stereocenters. The maximum atomic E-state index is 12.7. The zero-order chi connectivity index (χ0) is 13.0. The highest BCUT2D eigenvalue weighted by atomic mass is 79.9. The number of ether oxygens (including phenoxy) is 1. The van der Waals surface area contributed by atoms with Gasteiger partial charge in [0.15, 0.2) is 5.69 Å². The van der Waals surface area contributed by atoms with Crippen molar-refractivity contribution in [3.63, 3.8) is 0 Å². The SMILES string of the molecule is CCOC(=O)c1cc(CBr)c(C(F)F)c(N)n1. The van der Waals surface area contributed by atoms with Gasteiger partial charge in [-0.25, -0.2) is 18.6 Å². The van der Waals surface area contributed by atoms with Gasteiger partial charge in [0.05, 0.1) is 12.2 Å². The number of nitrogen functional groups attached to an aromatic ring is 1. The largest absolute Gasteiger partial charge is 0.461 e. The molecule has 0 aliphatic carbocycles. The summed E-state index contributed by atoms with van der Waals surface area (Å²) in [6.45, 7) is 1.82. The molecule has 1 aromatic rings. The molecule has 1 heterocycles. The molecule has 0 amide bonds. The minimum atomic E-state index is -2.73. The van der Waals surface area contributed by atoms with Crippen LogP contribution < -0.4 is 5.73 Å². The van der Waals surface area contributed by atoms with Crippen molar-refractivity contribution >= 4 is 27.7 Å². The van der Waals surface area contributed by atoms with Crippen LogP contribution in [0.25, 0.3) is 0 Å². The van der Waals surface area contributed by atoms with E-state index in [1.807, 2.05) is 0 Å². The van der Waals surface area contributed by atoms with Crippen molar-refractivity contribution in [2.75, 3.05) is 12.3 Å². The molecule has 1 aromatic heterocycles.